The Morgan fingerprint density at radius 1 is 1.22 bits per heavy atom. The molecule has 3 aromatic rings. The molecule has 2 N–H and O–H groups in total. The SMILES string of the molecule is O=C(COc1ccccc1[N+](=O)[O-])N/N=C\c1cc2ccccc2[nH]c1=O. The highest BCUT2D eigenvalue weighted by atomic mass is 16.6. The van der Waals surface area contributed by atoms with E-state index in [4.69, 9.17) is 4.74 Å². The number of fused-ring (bicyclic) bond motifs is 1. The summed E-state index contributed by atoms with van der Waals surface area (Å²) >= 11 is 0. The molecule has 0 aliphatic rings. The van der Waals surface area contributed by atoms with E-state index in [-0.39, 0.29) is 22.6 Å². The molecule has 3 rings (SSSR count). The van der Waals surface area contributed by atoms with E-state index < -0.39 is 17.4 Å². The number of carbonyl (C=O) groups is 1. The molecule has 9 heteroatoms. The molecule has 0 spiro atoms. The zero-order valence-corrected chi connectivity index (χ0v) is 13.9. The molecule has 0 atom stereocenters. The molecule has 0 radical (unpaired) electrons. The number of rotatable bonds is 6. The Kier molecular flexibility index (Phi) is 5.22. The smallest absolute Gasteiger partial charge is 0.310 e. The maximum Gasteiger partial charge on any atom is 0.310 e. The van der Waals surface area contributed by atoms with Crippen LogP contribution < -0.4 is 15.7 Å². The van der Waals surface area contributed by atoms with Crippen LogP contribution in [-0.2, 0) is 4.79 Å². The van der Waals surface area contributed by atoms with Crippen LogP contribution in [0.2, 0.25) is 0 Å². The van der Waals surface area contributed by atoms with Gasteiger partial charge in [0.25, 0.3) is 11.5 Å². The van der Waals surface area contributed by atoms with Gasteiger partial charge in [-0.05, 0) is 23.6 Å². The summed E-state index contributed by atoms with van der Waals surface area (Å²) in [5.74, 6) is -0.644. The number of aromatic nitrogens is 1. The van der Waals surface area contributed by atoms with E-state index in [1.807, 2.05) is 18.2 Å². The summed E-state index contributed by atoms with van der Waals surface area (Å²) in [4.78, 5) is 36.8. The third-order valence-electron chi connectivity index (χ3n) is 3.60. The number of hydrazone groups is 1. The summed E-state index contributed by atoms with van der Waals surface area (Å²) in [6, 6.07) is 14.6. The molecule has 1 aromatic heterocycles. The van der Waals surface area contributed by atoms with Gasteiger partial charge in [0.2, 0.25) is 0 Å². The van der Waals surface area contributed by atoms with Gasteiger partial charge in [-0.15, -0.1) is 0 Å². The summed E-state index contributed by atoms with van der Waals surface area (Å²) in [7, 11) is 0. The minimum Gasteiger partial charge on any atom is -0.477 e. The summed E-state index contributed by atoms with van der Waals surface area (Å²) in [5.41, 5.74) is 2.59. The zero-order valence-electron chi connectivity index (χ0n) is 13.9. The molecule has 0 fully saturated rings. The molecule has 27 heavy (non-hydrogen) atoms. The van der Waals surface area contributed by atoms with E-state index in [1.165, 1.54) is 24.4 Å². The molecule has 136 valence electrons. The van der Waals surface area contributed by atoms with E-state index >= 15 is 0 Å². The largest absolute Gasteiger partial charge is 0.477 e. The number of nitrogens with one attached hydrogen (secondary N) is 2. The van der Waals surface area contributed by atoms with E-state index in [9.17, 15) is 19.7 Å². The number of para-hydroxylation sites is 3. The number of benzene rings is 2. The van der Waals surface area contributed by atoms with Crippen LogP contribution >= 0.6 is 0 Å². The van der Waals surface area contributed by atoms with Crippen LogP contribution in [0.4, 0.5) is 5.69 Å². The van der Waals surface area contributed by atoms with Crippen molar-refractivity contribution in [2.75, 3.05) is 6.61 Å². The lowest BCUT2D eigenvalue weighted by Crippen LogP contribution is -2.25. The maximum absolute atomic E-state index is 12.0. The second-order valence-electron chi connectivity index (χ2n) is 5.45. The van der Waals surface area contributed by atoms with Crippen LogP contribution in [-0.4, -0.2) is 28.6 Å². The minimum absolute atomic E-state index is 0.0207. The van der Waals surface area contributed by atoms with E-state index in [1.54, 1.807) is 18.2 Å². The number of hydrogen-bond acceptors (Lipinski definition) is 6. The Morgan fingerprint density at radius 2 is 1.96 bits per heavy atom. The number of carbonyl (C=O) groups excluding carboxylic acids is 1. The number of amides is 1. The molecule has 0 saturated heterocycles. The van der Waals surface area contributed by atoms with Gasteiger partial charge in [0.15, 0.2) is 12.4 Å². The molecule has 1 heterocycles. The van der Waals surface area contributed by atoms with Crippen molar-refractivity contribution in [3.63, 3.8) is 0 Å². The summed E-state index contributed by atoms with van der Waals surface area (Å²) in [6.07, 6.45) is 1.22. The molecule has 0 saturated carbocycles. The van der Waals surface area contributed by atoms with Crippen LogP contribution in [0.25, 0.3) is 10.9 Å². The first-order valence-corrected chi connectivity index (χ1v) is 7.85. The number of nitro benzene ring substituents is 1. The number of aromatic amines is 1. The zero-order chi connectivity index (χ0) is 19.2. The highest BCUT2D eigenvalue weighted by Crippen LogP contribution is 2.25. The lowest BCUT2D eigenvalue weighted by Gasteiger charge is -2.05. The highest BCUT2D eigenvalue weighted by Gasteiger charge is 2.14. The molecule has 9 nitrogen and oxygen atoms in total. The quantitative estimate of drug-likeness (QED) is 0.392. The number of hydrogen-bond donors (Lipinski definition) is 2. The van der Waals surface area contributed by atoms with Crippen molar-refractivity contribution in [2.24, 2.45) is 5.10 Å². The van der Waals surface area contributed by atoms with Crippen molar-refractivity contribution in [3.05, 3.63) is 80.6 Å². The molecule has 0 bridgehead atoms. The number of pyridine rings is 1. The number of ether oxygens (including phenoxy) is 1. The van der Waals surface area contributed by atoms with E-state index in [2.05, 4.69) is 15.5 Å². The first-order valence-electron chi connectivity index (χ1n) is 7.85. The molecular formula is C18H14N4O5. The minimum atomic E-state index is -0.624. The molecule has 0 unspecified atom stereocenters. The monoisotopic (exact) mass is 366 g/mol. The second kappa shape index (κ2) is 7.91. The van der Waals surface area contributed by atoms with Gasteiger partial charge in [-0.25, -0.2) is 5.43 Å². The summed E-state index contributed by atoms with van der Waals surface area (Å²) in [5, 5.41) is 15.4. The fourth-order valence-corrected chi connectivity index (χ4v) is 2.34. The predicted molar refractivity (Wildman–Crippen MR) is 98.9 cm³/mol. The average molecular weight is 366 g/mol. The van der Waals surface area contributed by atoms with Crippen molar-refractivity contribution in [2.45, 2.75) is 0 Å². The van der Waals surface area contributed by atoms with Crippen LogP contribution in [0, 0.1) is 10.1 Å². The van der Waals surface area contributed by atoms with E-state index in [0.29, 0.717) is 5.52 Å². The average Bonchev–Trinajstić information content (AvgIpc) is 2.67. The predicted octanol–water partition coefficient (Wildman–Crippen LogP) is 1.97. The number of nitro groups is 1. The maximum atomic E-state index is 12.0. The van der Waals surface area contributed by atoms with Gasteiger partial charge in [-0.1, -0.05) is 30.3 Å². The first kappa shape index (κ1) is 17.8. The van der Waals surface area contributed by atoms with Crippen molar-refractivity contribution in [3.8, 4) is 5.75 Å². The fourth-order valence-electron chi connectivity index (χ4n) is 2.34. The van der Waals surface area contributed by atoms with Crippen molar-refractivity contribution >= 4 is 28.7 Å². The molecule has 0 aliphatic heterocycles. The third-order valence-corrected chi connectivity index (χ3v) is 3.60. The normalized spacial score (nSPS) is 10.8. The lowest BCUT2D eigenvalue weighted by atomic mass is 10.2. The Balaban J connectivity index is 1.62. The second-order valence-corrected chi connectivity index (χ2v) is 5.45. The van der Waals surface area contributed by atoms with Crippen LogP contribution in [0.15, 0.2) is 64.5 Å². The van der Waals surface area contributed by atoms with Gasteiger partial charge in [-0.2, -0.15) is 5.10 Å². The van der Waals surface area contributed by atoms with Crippen molar-refractivity contribution in [1.82, 2.24) is 10.4 Å². The molecular weight excluding hydrogens is 352 g/mol. The Morgan fingerprint density at radius 3 is 2.78 bits per heavy atom. The topological polar surface area (TPSA) is 127 Å². The summed E-state index contributed by atoms with van der Waals surface area (Å²) < 4.78 is 5.15. The van der Waals surface area contributed by atoms with Gasteiger partial charge in [0.05, 0.1) is 16.7 Å². The Bertz CT molecular complexity index is 1090. The van der Waals surface area contributed by atoms with Gasteiger partial charge in [-0.3, -0.25) is 19.7 Å². The van der Waals surface area contributed by atoms with Crippen LogP contribution in [0.1, 0.15) is 5.56 Å². The standard InChI is InChI=1S/C18H14N4O5/c23-17(11-27-16-8-4-3-7-15(16)22(25)26)21-19-10-13-9-12-5-1-2-6-14(12)20-18(13)24/h1-10H,11H2,(H,20,24)(H,21,23)/b19-10-. The first-order chi connectivity index (χ1) is 13.0. The molecule has 0 aliphatic carbocycles. The lowest BCUT2D eigenvalue weighted by molar-refractivity contribution is -0.385. The van der Waals surface area contributed by atoms with Gasteiger partial charge >= 0.3 is 5.69 Å². The number of H-pyrrole nitrogens is 1. The molecule has 2 aromatic carbocycles. The van der Waals surface area contributed by atoms with Crippen LogP contribution in [0.5, 0.6) is 5.75 Å². The molecule has 1 amide bonds. The highest BCUT2D eigenvalue weighted by molar-refractivity contribution is 5.88. The summed E-state index contributed by atoms with van der Waals surface area (Å²) in [6.45, 7) is -0.462. The number of nitrogens with zero attached hydrogens (tertiary/aromatic N) is 2. The Hall–Kier alpha value is -4.01. The van der Waals surface area contributed by atoms with Crippen molar-refractivity contribution in [1.29, 1.82) is 0 Å². The fraction of sp³-hybridized carbons (Fsp3) is 0.0556. The van der Waals surface area contributed by atoms with E-state index in [0.717, 1.165) is 5.39 Å². The van der Waals surface area contributed by atoms with Gasteiger partial charge in [0.1, 0.15) is 0 Å². The third kappa shape index (κ3) is 4.34. The van der Waals surface area contributed by atoms with Crippen LogP contribution in [0.3, 0.4) is 0 Å². The van der Waals surface area contributed by atoms with Crippen molar-refractivity contribution < 1.29 is 14.5 Å². The van der Waals surface area contributed by atoms with Gasteiger partial charge < -0.3 is 9.72 Å². The van der Waals surface area contributed by atoms with Gasteiger partial charge in [0, 0.05) is 11.6 Å². The Labute approximate surface area is 152 Å².